The SMILES string of the molecule is NCCC(O)C(O)c1cc(Cl)ccc1C(=O)O. The molecule has 0 spiro atoms. The Hall–Kier alpha value is -1.14. The Morgan fingerprint density at radius 2 is 2.06 bits per heavy atom. The Kier molecular flexibility index (Phi) is 4.89. The summed E-state index contributed by atoms with van der Waals surface area (Å²) in [6, 6.07) is 4.03. The minimum atomic E-state index is -1.32. The van der Waals surface area contributed by atoms with Gasteiger partial charge in [0.25, 0.3) is 0 Å². The van der Waals surface area contributed by atoms with Gasteiger partial charge < -0.3 is 21.1 Å². The van der Waals surface area contributed by atoms with Crippen LogP contribution in [0.2, 0.25) is 5.02 Å². The van der Waals surface area contributed by atoms with Crippen molar-refractivity contribution in [3.8, 4) is 0 Å². The number of carboxylic acid groups (broad SMARTS) is 1. The van der Waals surface area contributed by atoms with Gasteiger partial charge in [-0.1, -0.05) is 11.6 Å². The van der Waals surface area contributed by atoms with E-state index in [2.05, 4.69) is 0 Å². The monoisotopic (exact) mass is 259 g/mol. The number of aromatic carboxylic acids is 1. The Bertz CT molecular complexity index is 410. The average molecular weight is 260 g/mol. The van der Waals surface area contributed by atoms with Crippen molar-refractivity contribution in [1.82, 2.24) is 0 Å². The van der Waals surface area contributed by atoms with Crippen molar-refractivity contribution in [2.24, 2.45) is 5.73 Å². The van der Waals surface area contributed by atoms with Crippen LogP contribution in [0.3, 0.4) is 0 Å². The first kappa shape index (κ1) is 13.9. The highest BCUT2D eigenvalue weighted by molar-refractivity contribution is 6.30. The minimum absolute atomic E-state index is 0.0852. The summed E-state index contributed by atoms with van der Waals surface area (Å²) in [6.07, 6.45) is -2.26. The third-order valence-corrected chi connectivity index (χ3v) is 2.62. The normalized spacial score (nSPS) is 14.4. The number of carbonyl (C=O) groups is 1. The molecule has 1 aromatic rings. The molecule has 5 nitrogen and oxygen atoms in total. The number of benzene rings is 1. The van der Waals surface area contributed by atoms with Crippen LogP contribution in [-0.4, -0.2) is 33.9 Å². The van der Waals surface area contributed by atoms with E-state index in [1.165, 1.54) is 18.2 Å². The van der Waals surface area contributed by atoms with Crippen LogP contribution in [0, 0.1) is 0 Å². The Balaban J connectivity index is 3.10. The molecule has 1 rings (SSSR count). The molecule has 0 saturated carbocycles. The van der Waals surface area contributed by atoms with Crippen molar-refractivity contribution in [3.05, 3.63) is 34.3 Å². The first-order valence-corrected chi connectivity index (χ1v) is 5.44. The highest BCUT2D eigenvalue weighted by atomic mass is 35.5. The van der Waals surface area contributed by atoms with Gasteiger partial charge in [0.2, 0.25) is 0 Å². The number of rotatable bonds is 5. The van der Waals surface area contributed by atoms with Crippen molar-refractivity contribution < 1.29 is 20.1 Å². The summed E-state index contributed by atoms with van der Waals surface area (Å²) in [6.45, 7) is 0.196. The molecule has 0 radical (unpaired) electrons. The van der Waals surface area contributed by atoms with Gasteiger partial charge in [-0.3, -0.25) is 0 Å². The predicted octanol–water partition coefficient (Wildman–Crippen LogP) is 0.781. The summed E-state index contributed by atoms with van der Waals surface area (Å²) >= 11 is 5.74. The molecule has 0 amide bonds. The van der Waals surface area contributed by atoms with E-state index in [0.717, 1.165) is 0 Å². The topological polar surface area (TPSA) is 104 Å². The number of hydrogen-bond donors (Lipinski definition) is 4. The zero-order chi connectivity index (χ0) is 13.0. The summed E-state index contributed by atoms with van der Waals surface area (Å²) in [5, 5.41) is 28.7. The molecule has 2 unspecified atom stereocenters. The first-order chi connectivity index (χ1) is 7.97. The minimum Gasteiger partial charge on any atom is -0.478 e. The fraction of sp³-hybridized carbons (Fsp3) is 0.364. The fourth-order valence-corrected chi connectivity index (χ4v) is 1.69. The van der Waals surface area contributed by atoms with Gasteiger partial charge in [-0.2, -0.15) is 0 Å². The van der Waals surface area contributed by atoms with Crippen molar-refractivity contribution in [1.29, 1.82) is 0 Å². The Morgan fingerprint density at radius 1 is 1.41 bits per heavy atom. The maximum atomic E-state index is 11.0. The third kappa shape index (κ3) is 3.41. The van der Waals surface area contributed by atoms with Crippen LogP contribution in [-0.2, 0) is 0 Å². The van der Waals surface area contributed by atoms with Crippen LogP contribution >= 0.6 is 11.6 Å². The van der Waals surface area contributed by atoms with Crippen LogP contribution in [0.15, 0.2) is 18.2 Å². The summed E-state index contributed by atoms with van der Waals surface area (Å²) in [5.74, 6) is -1.18. The second kappa shape index (κ2) is 5.97. The van der Waals surface area contributed by atoms with E-state index in [0.29, 0.717) is 5.02 Å². The van der Waals surface area contributed by atoms with Crippen LogP contribution in [0.5, 0.6) is 0 Å². The molecule has 2 atom stereocenters. The van der Waals surface area contributed by atoms with E-state index >= 15 is 0 Å². The van der Waals surface area contributed by atoms with Gasteiger partial charge in [0, 0.05) is 5.02 Å². The van der Waals surface area contributed by atoms with Gasteiger partial charge in [0.15, 0.2) is 0 Å². The van der Waals surface area contributed by atoms with Crippen molar-refractivity contribution >= 4 is 17.6 Å². The molecule has 94 valence electrons. The smallest absolute Gasteiger partial charge is 0.336 e. The standard InChI is InChI=1S/C11H14ClNO4/c12-6-1-2-7(11(16)17)8(5-6)10(15)9(14)3-4-13/h1-2,5,9-10,14-15H,3-4,13H2,(H,16,17). The molecule has 0 saturated heterocycles. The van der Waals surface area contributed by atoms with Crippen LogP contribution in [0.25, 0.3) is 0 Å². The molecular formula is C11H14ClNO4. The van der Waals surface area contributed by atoms with Gasteiger partial charge in [-0.15, -0.1) is 0 Å². The van der Waals surface area contributed by atoms with E-state index in [1.807, 2.05) is 0 Å². The van der Waals surface area contributed by atoms with Crippen LogP contribution in [0.4, 0.5) is 0 Å². The number of aliphatic hydroxyl groups is 2. The third-order valence-electron chi connectivity index (χ3n) is 2.39. The maximum Gasteiger partial charge on any atom is 0.336 e. The fourth-order valence-electron chi connectivity index (χ4n) is 1.51. The van der Waals surface area contributed by atoms with E-state index in [-0.39, 0.29) is 24.1 Å². The quantitative estimate of drug-likeness (QED) is 0.626. The summed E-state index contributed by atoms with van der Waals surface area (Å²) in [4.78, 5) is 11.0. The lowest BCUT2D eigenvalue weighted by Crippen LogP contribution is -2.23. The number of carboxylic acids is 1. The van der Waals surface area contributed by atoms with Gasteiger partial charge in [-0.05, 0) is 36.7 Å². The van der Waals surface area contributed by atoms with Gasteiger partial charge in [0.1, 0.15) is 6.10 Å². The molecule has 0 fully saturated rings. The van der Waals surface area contributed by atoms with E-state index in [4.69, 9.17) is 22.4 Å². The number of nitrogens with two attached hydrogens (primary N) is 1. The Labute approximate surface area is 103 Å². The van der Waals surface area contributed by atoms with Crippen LogP contribution in [0.1, 0.15) is 28.4 Å². The van der Waals surface area contributed by atoms with Crippen molar-refractivity contribution in [2.75, 3.05) is 6.54 Å². The predicted molar refractivity (Wildman–Crippen MR) is 63.0 cm³/mol. The second-order valence-electron chi connectivity index (χ2n) is 3.63. The molecule has 17 heavy (non-hydrogen) atoms. The molecule has 0 aliphatic rings. The first-order valence-electron chi connectivity index (χ1n) is 5.06. The lowest BCUT2D eigenvalue weighted by molar-refractivity contribution is 0.0141. The van der Waals surface area contributed by atoms with Gasteiger partial charge in [-0.25, -0.2) is 4.79 Å². The summed E-state index contributed by atoms with van der Waals surface area (Å²) in [5.41, 5.74) is 5.26. The molecule has 1 aromatic carbocycles. The Morgan fingerprint density at radius 3 is 2.59 bits per heavy atom. The lowest BCUT2D eigenvalue weighted by atomic mass is 9.97. The van der Waals surface area contributed by atoms with Gasteiger partial charge in [0.05, 0.1) is 11.7 Å². The molecule has 6 heteroatoms. The summed E-state index contributed by atoms with van der Waals surface area (Å²) in [7, 11) is 0. The lowest BCUT2D eigenvalue weighted by Gasteiger charge is -2.19. The largest absolute Gasteiger partial charge is 0.478 e. The van der Waals surface area contributed by atoms with Crippen LogP contribution < -0.4 is 5.73 Å². The molecule has 0 aliphatic carbocycles. The number of halogens is 1. The van der Waals surface area contributed by atoms with Gasteiger partial charge >= 0.3 is 5.97 Å². The molecular weight excluding hydrogens is 246 g/mol. The molecule has 0 bridgehead atoms. The van der Waals surface area contributed by atoms with Crippen molar-refractivity contribution in [2.45, 2.75) is 18.6 Å². The molecule has 0 aromatic heterocycles. The van der Waals surface area contributed by atoms with E-state index in [1.54, 1.807) is 0 Å². The highest BCUT2D eigenvalue weighted by Gasteiger charge is 2.23. The molecule has 0 heterocycles. The zero-order valence-corrected chi connectivity index (χ0v) is 9.76. The second-order valence-corrected chi connectivity index (χ2v) is 4.06. The van der Waals surface area contributed by atoms with E-state index in [9.17, 15) is 15.0 Å². The zero-order valence-electron chi connectivity index (χ0n) is 9.01. The average Bonchev–Trinajstić information content (AvgIpc) is 2.27. The highest BCUT2D eigenvalue weighted by Crippen LogP contribution is 2.25. The summed E-state index contributed by atoms with van der Waals surface area (Å²) < 4.78 is 0. The maximum absolute atomic E-state index is 11.0. The van der Waals surface area contributed by atoms with E-state index < -0.39 is 18.2 Å². The molecule has 5 N–H and O–H groups in total. The number of aliphatic hydroxyl groups excluding tert-OH is 2. The molecule has 0 aliphatic heterocycles. The van der Waals surface area contributed by atoms with Crippen molar-refractivity contribution in [3.63, 3.8) is 0 Å². The number of hydrogen-bond acceptors (Lipinski definition) is 4.